The molecule has 21 heavy (non-hydrogen) atoms. The normalized spacial score (nSPS) is 23.7. The highest BCUT2D eigenvalue weighted by atomic mass is 16.4. The Morgan fingerprint density at radius 3 is 2.67 bits per heavy atom. The molecule has 2 rings (SSSR count). The Kier molecular flexibility index (Phi) is 6.24. The van der Waals surface area contributed by atoms with Gasteiger partial charge in [0, 0.05) is 6.04 Å². The zero-order valence-corrected chi connectivity index (χ0v) is 12.9. The van der Waals surface area contributed by atoms with Gasteiger partial charge < -0.3 is 10.4 Å². The van der Waals surface area contributed by atoms with Gasteiger partial charge in [-0.3, -0.25) is 4.79 Å². The summed E-state index contributed by atoms with van der Waals surface area (Å²) in [6.07, 6.45) is 6.32. The van der Waals surface area contributed by atoms with Crippen molar-refractivity contribution < 1.29 is 9.90 Å². The molecule has 3 unspecified atom stereocenters. The van der Waals surface area contributed by atoms with E-state index in [9.17, 15) is 9.90 Å². The molecule has 3 atom stereocenters. The summed E-state index contributed by atoms with van der Waals surface area (Å²) in [5.41, 5.74) is 1.31. The van der Waals surface area contributed by atoms with Gasteiger partial charge in [-0.2, -0.15) is 0 Å². The molecule has 0 amide bonds. The number of carbonyl (C=O) groups is 1. The lowest BCUT2D eigenvalue weighted by Crippen LogP contribution is -2.36. The summed E-state index contributed by atoms with van der Waals surface area (Å²) in [5, 5.41) is 13.0. The number of nitrogens with one attached hydrogen (secondary N) is 1. The molecule has 116 valence electrons. The molecule has 1 aliphatic carbocycles. The maximum Gasteiger partial charge on any atom is 0.306 e. The van der Waals surface area contributed by atoms with Crippen LogP contribution >= 0.6 is 0 Å². The summed E-state index contributed by atoms with van der Waals surface area (Å²) in [4.78, 5) is 11.4. The minimum Gasteiger partial charge on any atom is -0.481 e. The Bertz CT molecular complexity index is 432. The lowest BCUT2D eigenvalue weighted by Gasteiger charge is -2.30. The summed E-state index contributed by atoms with van der Waals surface area (Å²) in [5.74, 6) is -0.503. The second-order valence-corrected chi connectivity index (χ2v) is 6.15. The highest BCUT2D eigenvalue weighted by Gasteiger charge is 2.30. The number of hydrogen-bond acceptors (Lipinski definition) is 2. The predicted octanol–water partition coefficient (Wildman–Crippen LogP) is 4.01. The van der Waals surface area contributed by atoms with E-state index >= 15 is 0 Å². The van der Waals surface area contributed by atoms with E-state index in [1.807, 2.05) is 6.07 Å². The number of hydrogen-bond donors (Lipinski definition) is 2. The van der Waals surface area contributed by atoms with Gasteiger partial charge in [-0.1, -0.05) is 56.5 Å². The standard InChI is InChI=1S/C18H27NO2/c1-2-8-17(14-9-4-3-5-10-14)19-13-15-11-6-7-12-16(15)18(20)21/h3-5,9-10,15-17,19H,2,6-8,11-13H2,1H3,(H,20,21). The number of carboxylic acids is 1. The van der Waals surface area contributed by atoms with Crippen LogP contribution < -0.4 is 5.32 Å². The molecule has 3 nitrogen and oxygen atoms in total. The van der Waals surface area contributed by atoms with Gasteiger partial charge >= 0.3 is 5.97 Å². The van der Waals surface area contributed by atoms with Crippen LogP contribution in [0.1, 0.15) is 57.1 Å². The van der Waals surface area contributed by atoms with Crippen LogP contribution in [0.4, 0.5) is 0 Å². The molecule has 0 bridgehead atoms. The van der Waals surface area contributed by atoms with Crippen LogP contribution in [0, 0.1) is 11.8 Å². The van der Waals surface area contributed by atoms with Gasteiger partial charge in [-0.25, -0.2) is 0 Å². The number of benzene rings is 1. The van der Waals surface area contributed by atoms with Crippen molar-refractivity contribution in [1.29, 1.82) is 0 Å². The van der Waals surface area contributed by atoms with Gasteiger partial charge in [-0.05, 0) is 37.3 Å². The molecule has 1 saturated carbocycles. The topological polar surface area (TPSA) is 49.3 Å². The molecule has 1 fully saturated rings. The lowest BCUT2D eigenvalue weighted by atomic mass is 9.79. The Morgan fingerprint density at radius 1 is 1.29 bits per heavy atom. The molecule has 1 aliphatic rings. The van der Waals surface area contributed by atoms with Crippen LogP contribution in [-0.4, -0.2) is 17.6 Å². The maximum absolute atomic E-state index is 11.4. The first-order valence-corrected chi connectivity index (χ1v) is 8.23. The summed E-state index contributed by atoms with van der Waals surface area (Å²) >= 11 is 0. The van der Waals surface area contributed by atoms with Gasteiger partial charge in [0.15, 0.2) is 0 Å². The van der Waals surface area contributed by atoms with E-state index in [0.29, 0.717) is 6.04 Å². The molecular formula is C18H27NO2. The third-order valence-electron chi connectivity index (χ3n) is 4.63. The Labute approximate surface area is 127 Å². The van der Waals surface area contributed by atoms with Gasteiger partial charge in [0.1, 0.15) is 0 Å². The van der Waals surface area contributed by atoms with E-state index in [2.05, 4.69) is 36.5 Å². The van der Waals surface area contributed by atoms with Crippen molar-refractivity contribution in [2.75, 3.05) is 6.54 Å². The second-order valence-electron chi connectivity index (χ2n) is 6.15. The van der Waals surface area contributed by atoms with Crippen LogP contribution in [0.15, 0.2) is 30.3 Å². The largest absolute Gasteiger partial charge is 0.481 e. The van der Waals surface area contributed by atoms with Crippen molar-refractivity contribution in [3.63, 3.8) is 0 Å². The van der Waals surface area contributed by atoms with Crippen LogP contribution in [0.2, 0.25) is 0 Å². The first-order chi connectivity index (χ1) is 10.2. The molecule has 0 aliphatic heterocycles. The van der Waals surface area contributed by atoms with E-state index in [-0.39, 0.29) is 11.8 Å². The van der Waals surface area contributed by atoms with E-state index in [1.54, 1.807) is 0 Å². The molecule has 0 aromatic heterocycles. The maximum atomic E-state index is 11.4. The molecule has 0 saturated heterocycles. The lowest BCUT2D eigenvalue weighted by molar-refractivity contribution is -0.144. The molecule has 3 heteroatoms. The molecule has 1 aromatic rings. The summed E-state index contributed by atoms with van der Waals surface area (Å²) in [7, 11) is 0. The van der Waals surface area contributed by atoms with Crippen molar-refractivity contribution >= 4 is 5.97 Å². The Morgan fingerprint density at radius 2 is 2.00 bits per heavy atom. The van der Waals surface area contributed by atoms with Crippen LogP contribution in [-0.2, 0) is 4.79 Å². The summed E-state index contributed by atoms with van der Waals surface area (Å²) in [6, 6.07) is 10.8. The van der Waals surface area contributed by atoms with E-state index < -0.39 is 5.97 Å². The van der Waals surface area contributed by atoms with Crippen molar-refractivity contribution in [2.45, 2.75) is 51.5 Å². The number of aliphatic carboxylic acids is 1. The first kappa shape index (κ1) is 16.0. The average molecular weight is 289 g/mol. The van der Waals surface area contributed by atoms with Crippen LogP contribution in [0.5, 0.6) is 0 Å². The van der Waals surface area contributed by atoms with E-state index in [0.717, 1.165) is 38.6 Å². The van der Waals surface area contributed by atoms with E-state index in [1.165, 1.54) is 12.0 Å². The molecule has 2 N–H and O–H groups in total. The van der Waals surface area contributed by atoms with Crippen LogP contribution in [0.25, 0.3) is 0 Å². The summed E-state index contributed by atoms with van der Waals surface area (Å²) in [6.45, 7) is 3.01. The monoisotopic (exact) mass is 289 g/mol. The fourth-order valence-electron chi connectivity index (χ4n) is 3.43. The van der Waals surface area contributed by atoms with Crippen molar-refractivity contribution in [3.05, 3.63) is 35.9 Å². The predicted molar refractivity (Wildman–Crippen MR) is 85.2 cm³/mol. The van der Waals surface area contributed by atoms with Crippen LogP contribution in [0.3, 0.4) is 0 Å². The summed E-state index contributed by atoms with van der Waals surface area (Å²) < 4.78 is 0. The second kappa shape index (κ2) is 8.18. The first-order valence-electron chi connectivity index (χ1n) is 8.23. The highest BCUT2D eigenvalue weighted by Crippen LogP contribution is 2.30. The third kappa shape index (κ3) is 4.57. The van der Waals surface area contributed by atoms with Gasteiger partial charge in [0.2, 0.25) is 0 Å². The minimum atomic E-state index is -0.617. The Hall–Kier alpha value is -1.35. The van der Waals surface area contributed by atoms with Crippen molar-refractivity contribution in [1.82, 2.24) is 5.32 Å². The fraction of sp³-hybridized carbons (Fsp3) is 0.611. The zero-order valence-electron chi connectivity index (χ0n) is 12.9. The quantitative estimate of drug-likeness (QED) is 0.797. The average Bonchev–Trinajstić information content (AvgIpc) is 2.52. The van der Waals surface area contributed by atoms with E-state index in [4.69, 9.17) is 0 Å². The van der Waals surface area contributed by atoms with Crippen molar-refractivity contribution in [3.8, 4) is 0 Å². The highest BCUT2D eigenvalue weighted by molar-refractivity contribution is 5.70. The molecule has 0 radical (unpaired) electrons. The minimum absolute atomic E-state index is 0.163. The van der Waals surface area contributed by atoms with Gasteiger partial charge in [0.25, 0.3) is 0 Å². The number of rotatable bonds is 7. The molecule has 0 spiro atoms. The SMILES string of the molecule is CCCC(NCC1CCCCC1C(=O)O)c1ccccc1. The van der Waals surface area contributed by atoms with Crippen molar-refractivity contribution in [2.24, 2.45) is 11.8 Å². The molecule has 1 aromatic carbocycles. The smallest absolute Gasteiger partial charge is 0.306 e. The van der Waals surface area contributed by atoms with Gasteiger partial charge in [-0.15, -0.1) is 0 Å². The molecular weight excluding hydrogens is 262 g/mol. The molecule has 0 heterocycles. The Balaban J connectivity index is 1.96. The zero-order chi connectivity index (χ0) is 15.1. The number of carboxylic acid groups (broad SMARTS) is 1. The van der Waals surface area contributed by atoms with Gasteiger partial charge in [0.05, 0.1) is 5.92 Å². The fourth-order valence-corrected chi connectivity index (χ4v) is 3.43. The third-order valence-corrected chi connectivity index (χ3v) is 4.63.